The van der Waals surface area contributed by atoms with Crippen LogP contribution in [0.5, 0.6) is 0 Å². The molecule has 0 aliphatic rings. The molecule has 0 saturated heterocycles. The van der Waals surface area contributed by atoms with Gasteiger partial charge >= 0.3 is 0 Å². The van der Waals surface area contributed by atoms with Crippen molar-refractivity contribution < 1.29 is 6.16 Å². The van der Waals surface area contributed by atoms with Crippen molar-refractivity contribution in [2.45, 2.75) is 7.43 Å². The molecular formula is C15H20N2O. The lowest BCUT2D eigenvalue weighted by Crippen LogP contribution is -2.13. The first-order chi connectivity index (χ1) is 8.35. The molecule has 2 aromatic rings. The maximum Gasteiger partial charge on any atom is 0.293 e. The molecule has 0 heterocycles. The van der Waals surface area contributed by atoms with Crippen LogP contribution >= 0.6 is 0 Å². The highest BCUT2D eigenvalue weighted by Crippen LogP contribution is 2.22. The second kappa shape index (κ2) is 6.45. The first-order valence-electron chi connectivity index (χ1n) is 5.32. The fraction of sp³-hybridized carbons (Fsp3) is 0.133. The Labute approximate surface area is 109 Å². The quantitative estimate of drug-likeness (QED) is 0.632. The number of benzene rings is 2. The number of rotatable bonds is 2. The lowest BCUT2D eigenvalue weighted by atomic mass is 10.1. The van der Waals surface area contributed by atoms with Gasteiger partial charge in [0.1, 0.15) is 0 Å². The van der Waals surface area contributed by atoms with Crippen LogP contribution in [0.4, 0.5) is 5.69 Å². The van der Waals surface area contributed by atoms with Crippen LogP contribution in [0.25, 0.3) is 10.8 Å². The van der Waals surface area contributed by atoms with Gasteiger partial charge in [-0.05, 0) is 11.5 Å². The Bertz CT molecular complexity index is 562. The van der Waals surface area contributed by atoms with Crippen molar-refractivity contribution in [3.05, 3.63) is 55.2 Å². The van der Waals surface area contributed by atoms with Crippen molar-refractivity contribution in [2.75, 3.05) is 12.4 Å². The van der Waals surface area contributed by atoms with E-state index in [0.717, 1.165) is 11.1 Å². The molecule has 96 valence electrons. The monoisotopic (exact) mass is 244 g/mol. The van der Waals surface area contributed by atoms with Crippen LogP contribution in [0.2, 0.25) is 0 Å². The molecule has 18 heavy (non-hydrogen) atoms. The smallest absolute Gasteiger partial charge is 0.293 e. The molecule has 0 saturated carbocycles. The van der Waals surface area contributed by atoms with Gasteiger partial charge in [-0.3, -0.25) is 0 Å². The second-order valence-electron chi connectivity index (χ2n) is 3.47. The average Bonchev–Trinajstić information content (AvgIpc) is 2.38. The fourth-order valence-corrected chi connectivity index (χ4v) is 1.67. The third-order valence-corrected chi connectivity index (χ3v) is 2.43. The summed E-state index contributed by atoms with van der Waals surface area (Å²) in [6, 6.07) is 14.6. The van der Waals surface area contributed by atoms with E-state index in [9.17, 15) is 0 Å². The average molecular weight is 244 g/mol. The summed E-state index contributed by atoms with van der Waals surface area (Å²) in [4.78, 5) is 3.99. The molecule has 0 amide bonds. The van der Waals surface area contributed by atoms with Crippen LogP contribution in [0, 0.1) is 0 Å². The topological polar surface area (TPSA) is 33.6 Å². The molecule has 3 nitrogen and oxygen atoms in total. The number of ether oxygens (including phenoxy) is 1. The van der Waals surface area contributed by atoms with Crippen LogP contribution in [-0.4, -0.2) is 13.1 Å². The van der Waals surface area contributed by atoms with Gasteiger partial charge in [0.2, 0.25) is 0 Å². The second-order valence-corrected chi connectivity index (χ2v) is 3.47. The van der Waals surface area contributed by atoms with E-state index in [2.05, 4.69) is 35.1 Å². The summed E-state index contributed by atoms with van der Waals surface area (Å²) >= 11 is 0. The first kappa shape index (κ1) is 13.8. The van der Waals surface area contributed by atoms with Crippen LogP contribution in [0.3, 0.4) is 0 Å². The molecule has 0 aliphatic carbocycles. The summed E-state index contributed by atoms with van der Waals surface area (Å²) in [5.41, 5.74) is 0.963. The van der Waals surface area contributed by atoms with Gasteiger partial charge in [-0.1, -0.05) is 50.4 Å². The van der Waals surface area contributed by atoms with Crippen LogP contribution in [-0.2, 0) is 4.74 Å². The van der Waals surface area contributed by atoms with Crippen molar-refractivity contribution >= 4 is 22.5 Å². The molecule has 0 spiro atoms. The lowest BCUT2D eigenvalue weighted by molar-refractivity contribution is 0.402. The highest BCUT2D eigenvalue weighted by molar-refractivity contribution is 6.01. The number of nitrogens with zero attached hydrogens (tertiary/aromatic N) is 1. The van der Waals surface area contributed by atoms with Gasteiger partial charge in [0.05, 0.1) is 12.8 Å². The zero-order valence-electron chi connectivity index (χ0n) is 9.68. The van der Waals surface area contributed by atoms with Crippen molar-refractivity contribution in [3.63, 3.8) is 0 Å². The van der Waals surface area contributed by atoms with Crippen molar-refractivity contribution in [1.82, 2.24) is 0 Å². The largest absolute Gasteiger partial charge is 0.468 e. The minimum atomic E-state index is 0. The standard InChI is InChI=1S/C14H14N2O.CH4.H2/c1-3-15-14(17-2)16-13-10-6-8-11-7-4-5-9-12(11)13;;/h3-10H,1H2,2H3,(H,15,16);1H4;1H. The molecule has 1 N–H and O–H groups in total. The van der Waals surface area contributed by atoms with Gasteiger partial charge in [0.15, 0.2) is 0 Å². The molecule has 2 rings (SSSR count). The molecule has 2 aromatic carbocycles. The third kappa shape index (κ3) is 2.88. The minimum absolute atomic E-state index is 0. The molecule has 0 fully saturated rings. The van der Waals surface area contributed by atoms with E-state index in [-0.39, 0.29) is 8.85 Å². The zero-order chi connectivity index (χ0) is 12.1. The Balaban J connectivity index is 0.00000162. The van der Waals surface area contributed by atoms with Gasteiger partial charge in [-0.2, -0.15) is 0 Å². The highest BCUT2D eigenvalue weighted by atomic mass is 16.5. The van der Waals surface area contributed by atoms with Crippen molar-refractivity contribution in [3.8, 4) is 0 Å². The molecule has 0 atom stereocenters. The molecular weight excluding hydrogens is 224 g/mol. The predicted octanol–water partition coefficient (Wildman–Crippen LogP) is 4.28. The summed E-state index contributed by atoms with van der Waals surface area (Å²) in [7, 11) is 1.57. The van der Waals surface area contributed by atoms with E-state index in [4.69, 9.17) is 4.74 Å². The number of methoxy groups -OCH3 is 1. The maximum absolute atomic E-state index is 5.11. The van der Waals surface area contributed by atoms with E-state index in [1.807, 2.05) is 24.3 Å². The van der Waals surface area contributed by atoms with Crippen molar-refractivity contribution in [1.29, 1.82) is 0 Å². The summed E-state index contributed by atoms with van der Waals surface area (Å²) < 4.78 is 5.11. The number of anilines is 1. The Morgan fingerprint density at radius 1 is 1.28 bits per heavy atom. The van der Waals surface area contributed by atoms with Crippen LogP contribution in [0.1, 0.15) is 8.85 Å². The molecule has 0 bridgehead atoms. The zero-order valence-corrected chi connectivity index (χ0v) is 9.68. The summed E-state index contributed by atoms with van der Waals surface area (Å²) in [5.74, 6) is 0. The van der Waals surface area contributed by atoms with Crippen molar-refractivity contribution in [2.24, 2.45) is 4.99 Å². The maximum atomic E-state index is 5.11. The van der Waals surface area contributed by atoms with E-state index in [0.29, 0.717) is 6.02 Å². The number of hydrogen-bond acceptors (Lipinski definition) is 2. The molecule has 0 aliphatic heterocycles. The molecule has 0 radical (unpaired) electrons. The van der Waals surface area contributed by atoms with E-state index >= 15 is 0 Å². The van der Waals surface area contributed by atoms with Gasteiger partial charge in [-0.25, -0.2) is 4.99 Å². The first-order valence-corrected chi connectivity index (χ1v) is 5.32. The lowest BCUT2D eigenvalue weighted by Gasteiger charge is -2.10. The normalized spacial score (nSPS) is 10.6. The minimum Gasteiger partial charge on any atom is -0.468 e. The molecule has 0 aromatic heterocycles. The Morgan fingerprint density at radius 3 is 2.72 bits per heavy atom. The summed E-state index contributed by atoms with van der Waals surface area (Å²) in [6.45, 7) is 3.54. The van der Waals surface area contributed by atoms with E-state index in [1.165, 1.54) is 11.6 Å². The SMILES string of the molecule is C.C=CN=C(Nc1cccc2ccccc12)OC.[HH]. The summed E-state index contributed by atoms with van der Waals surface area (Å²) in [6.07, 6.45) is 1.44. The van der Waals surface area contributed by atoms with Crippen LogP contribution < -0.4 is 5.32 Å². The summed E-state index contributed by atoms with van der Waals surface area (Å²) in [5, 5.41) is 5.43. The Morgan fingerprint density at radius 2 is 2.00 bits per heavy atom. The Hall–Kier alpha value is -2.29. The van der Waals surface area contributed by atoms with E-state index < -0.39 is 0 Å². The predicted molar refractivity (Wildman–Crippen MR) is 81.1 cm³/mol. The Kier molecular flexibility index (Phi) is 4.93. The van der Waals surface area contributed by atoms with Gasteiger partial charge in [0.25, 0.3) is 6.02 Å². The number of fused-ring (bicyclic) bond motifs is 1. The number of nitrogens with one attached hydrogen (secondary N) is 1. The molecule has 0 unspecified atom stereocenters. The number of aliphatic imine (C=N–C) groups is 1. The third-order valence-electron chi connectivity index (χ3n) is 2.43. The van der Waals surface area contributed by atoms with Gasteiger partial charge in [0, 0.05) is 13.0 Å². The van der Waals surface area contributed by atoms with Crippen LogP contribution in [0.15, 0.2) is 60.2 Å². The number of hydrogen-bond donors (Lipinski definition) is 1. The molecule has 3 heteroatoms. The van der Waals surface area contributed by atoms with E-state index in [1.54, 1.807) is 7.11 Å². The number of amidine groups is 1. The fourth-order valence-electron chi connectivity index (χ4n) is 1.67. The highest BCUT2D eigenvalue weighted by Gasteiger charge is 2.02. The van der Waals surface area contributed by atoms with Gasteiger partial charge in [-0.15, -0.1) is 0 Å². The van der Waals surface area contributed by atoms with Gasteiger partial charge < -0.3 is 10.1 Å².